The van der Waals surface area contributed by atoms with Gasteiger partial charge in [0, 0.05) is 12.4 Å². The quantitative estimate of drug-likeness (QED) is 0.495. The molecular weight excluding hydrogens is 370 g/mol. The van der Waals surface area contributed by atoms with E-state index in [9.17, 15) is 4.79 Å². The summed E-state index contributed by atoms with van der Waals surface area (Å²) in [5.74, 6) is 1.82. The summed E-state index contributed by atoms with van der Waals surface area (Å²) in [6.07, 6.45) is 1.37. The minimum absolute atomic E-state index is 0.0273. The molecule has 8 heteroatoms. The van der Waals surface area contributed by atoms with Gasteiger partial charge in [0.05, 0.1) is 12.3 Å². The number of thioether (sulfide) groups is 1. The van der Waals surface area contributed by atoms with E-state index in [1.807, 2.05) is 35.7 Å². The largest absolute Gasteiger partial charge is 0.486 e. The molecule has 1 amide bonds. The number of amides is 1. The molecule has 3 aromatic rings. The van der Waals surface area contributed by atoms with E-state index in [4.69, 9.17) is 9.47 Å². The Kier molecular flexibility index (Phi) is 4.94. The average Bonchev–Trinajstić information content (AvgIpc) is 3.15. The molecule has 2 aromatic heterocycles. The van der Waals surface area contributed by atoms with Crippen molar-refractivity contribution in [2.75, 3.05) is 26.0 Å². The Bertz CT molecular complexity index is 931. The molecule has 3 heterocycles. The van der Waals surface area contributed by atoms with Crippen molar-refractivity contribution in [2.24, 2.45) is 0 Å². The molecule has 1 atom stereocenters. The second-order valence-electron chi connectivity index (χ2n) is 5.88. The third kappa shape index (κ3) is 3.61. The molecule has 1 aromatic carbocycles. The molecule has 0 saturated heterocycles. The van der Waals surface area contributed by atoms with Crippen LogP contribution in [0.15, 0.2) is 47.1 Å². The molecule has 0 saturated carbocycles. The lowest BCUT2D eigenvalue weighted by Crippen LogP contribution is -2.42. The highest BCUT2D eigenvalue weighted by molar-refractivity contribution is 8.00. The van der Waals surface area contributed by atoms with Gasteiger partial charge in [0.1, 0.15) is 22.8 Å². The Balaban J connectivity index is 1.33. The van der Waals surface area contributed by atoms with Gasteiger partial charge in [0.2, 0.25) is 5.91 Å². The Morgan fingerprint density at radius 3 is 3.04 bits per heavy atom. The first-order chi connectivity index (χ1) is 12.7. The van der Waals surface area contributed by atoms with Crippen LogP contribution in [-0.2, 0) is 4.79 Å². The Labute approximate surface area is 159 Å². The van der Waals surface area contributed by atoms with Crippen LogP contribution in [0.1, 0.15) is 0 Å². The minimum atomic E-state index is -0.175. The van der Waals surface area contributed by atoms with Gasteiger partial charge in [-0.15, -0.1) is 11.3 Å². The zero-order valence-electron chi connectivity index (χ0n) is 14.1. The van der Waals surface area contributed by atoms with Crippen LogP contribution in [0.5, 0.6) is 11.5 Å². The molecule has 0 radical (unpaired) electrons. The topological polar surface area (TPSA) is 64.6 Å². The number of para-hydroxylation sites is 2. The molecule has 0 spiro atoms. The van der Waals surface area contributed by atoms with Crippen LogP contribution in [0, 0.1) is 0 Å². The summed E-state index contributed by atoms with van der Waals surface area (Å²) in [4.78, 5) is 23.6. The molecule has 4 rings (SSSR count). The van der Waals surface area contributed by atoms with Crippen molar-refractivity contribution in [1.29, 1.82) is 0 Å². The van der Waals surface area contributed by atoms with E-state index >= 15 is 0 Å². The van der Waals surface area contributed by atoms with E-state index in [0.717, 1.165) is 26.7 Å². The molecule has 1 aliphatic heterocycles. The normalized spacial score (nSPS) is 15.8. The predicted octanol–water partition coefficient (Wildman–Crippen LogP) is 3.08. The monoisotopic (exact) mass is 387 g/mol. The fourth-order valence-corrected chi connectivity index (χ4v) is 4.40. The summed E-state index contributed by atoms with van der Waals surface area (Å²) in [6.45, 7) is 0.911. The Morgan fingerprint density at radius 1 is 1.31 bits per heavy atom. The highest BCUT2D eigenvalue weighted by Crippen LogP contribution is 2.31. The van der Waals surface area contributed by atoms with E-state index in [1.54, 1.807) is 29.6 Å². The van der Waals surface area contributed by atoms with Gasteiger partial charge in [-0.2, -0.15) is 0 Å². The van der Waals surface area contributed by atoms with E-state index in [0.29, 0.717) is 18.9 Å². The van der Waals surface area contributed by atoms with Crippen LogP contribution >= 0.6 is 23.1 Å². The lowest BCUT2D eigenvalue weighted by Gasteiger charge is -2.29. The van der Waals surface area contributed by atoms with E-state index in [1.165, 1.54) is 11.8 Å². The first-order valence-electron chi connectivity index (χ1n) is 8.14. The summed E-state index contributed by atoms with van der Waals surface area (Å²) >= 11 is 3.00. The number of aromatic nitrogens is 2. The highest BCUT2D eigenvalue weighted by atomic mass is 32.2. The smallest absolute Gasteiger partial charge is 0.232 e. The number of hydrogen-bond acceptors (Lipinski definition) is 7. The maximum absolute atomic E-state index is 12.5. The number of rotatable bonds is 5. The van der Waals surface area contributed by atoms with Gasteiger partial charge in [-0.1, -0.05) is 23.9 Å². The number of carbonyl (C=O) groups is 1. The number of hydrogen-bond donors (Lipinski definition) is 0. The number of nitrogens with zero attached hydrogens (tertiary/aromatic N) is 3. The summed E-state index contributed by atoms with van der Waals surface area (Å²) in [5, 5.41) is 3.82. The second-order valence-corrected chi connectivity index (χ2v) is 7.74. The lowest BCUT2D eigenvalue weighted by atomic mass is 10.2. The third-order valence-corrected chi connectivity index (χ3v) is 5.84. The first-order valence-corrected chi connectivity index (χ1v) is 10.0. The average molecular weight is 387 g/mol. The summed E-state index contributed by atoms with van der Waals surface area (Å²) in [6, 6.07) is 9.56. The van der Waals surface area contributed by atoms with Gasteiger partial charge in [0.15, 0.2) is 17.6 Å². The van der Waals surface area contributed by atoms with Gasteiger partial charge < -0.3 is 14.4 Å². The lowest BCUT2D eigenvalue weighted by molar-refractivity contribution is -0.128. The number of thiophene rings is 1. The third-order valence-electron chi connectivity index (χ3n) is 4.03. The van der Waals surface area contributed by atoms with Gasteiger partial charge in [-0.3, -0.25) is 4.79 Å². The van der Waals surface area contributed by atoms with Crippen molar-refractivity contribution in [3.8, 4) is 11.5 Å². The molecule has 134 valence electrons. The molecule has 1 aliphatic rings. The first kappa shape index (κ1) is 17.1. The van der Waals surface area contributed by atoms with Gasteiger partial charge in [-0.05, 0) is 23.6 Å². The van der Waals surface area contributed by atoms with Crippen molar-refractivity contribution in [1.82, 2.24) is 14.9 Å². The summed E-state index contributed by atoms with van der Waals surface area (Å²) < 4.78 is 11.6. The zero-order chi connectivity index (χ0) is 17.9. The number of carbonyl (C=O) groups excluding carboxylic acids is 1. The molecule has 0 unspecified atom stereocenters. The van der Waals surface area contributed by atoms with Crippen molar-refractivity contribution < 1.29 is 14.3 Å². The maximum atomic E-state index is 12.5. The number of ether oxygens (including phenoxy) is 2. The minimum Gasteiger partial charge on any atom is -0.486 e. The standard InChI is InChI=1S/C18H17N3O3S2/c1-21(8-12-9-23-14-4-2-3-5-15(14)24-12)16(22)10-26-18-13-6-7-25-17(13)19-11-20-18/h2-7,11-12H,8-10H2,1H3/t12-/m0/s1. The van der Waals surface area contributed by atoms with E-state index < -0.39 is 0 Å². The summed E-state index contributed by atoms with van der Waals surface area (Å²) in [5.41, 5.74) is 0. The maximum Gasteiger partial charge on any atom is 0.232 e. The fraction of sp³-hybridized carbons (Fsp3) is 0.278. The molecule has 0 aliphatic carbocycles. The van der Waals surface area contributed by atoms with Crippen molar-refractivity contribution in [3.63, 3.8) is 0 Å². The second kappa shape index (κ2) is 7.51. The summed E-state index contributed by atoms with van der Waals surface area (Å²) in [7, 11) is 1.78. The Morgan fingerprint density at radius 2 is 2.15 bits per heavy atom. The zero-order valence-corrected chi connectivity index (χ0v) is 15.8. The van der Waals surface area contributed by atoms with Gasteiger partial charge in [0.25, 0.3) is 0 Å². The SMILES string of the molecule is CN(C[C@H]1COc2ccccc2O1)C(=O)CSc1ncnc2sccc12. The van der Waals surface area contributed by atoms with Crippen molar-refractivity contribution in [3.05, 3.63) is 42.0 Å². The number of likely N-dealkylation sites (N-methyl/N-ethyl adjacent to an activating group) is 1. The van der Waals surface area contributed by atoms with Gasteiger partial charge >= 0.3 is 0 Å². The van der Waals surface area contributed by atoms with Crippen LogP contribution in [0.25, 0.3) is 10.2 Å². The number of benzene rings is 1. The van der Waals surface area contributed by atoms with E-state index in [2.05, 4.69) is 9.97 Å². The van der Waals surface area contributed by atoms with Gasteiger partial charge in [-0.25, -0.2) is 9.97 Å². The van der Waals surface area contributed by atoms with Crippen LogP contribution < -0.4 is 9.47 Å². The molecular formula is C18H17N3O3S2. The molecule has 6 nitrogen and oxygen atoms in total. The van der Waals surface area contributed by atoms with Crippen LogP contribution in [-0.4, -0.2) is 52.8 Å². The molecule has 0 bridgehead atoms. The van der Waals surface area contributed by atoms with Crippen LogP contribution in [0.2, 0.25) is 0 Å². The van der Waals surface area contributed by atoms with Crippen molar-refractivity contribution in [2.45, 2.75) is 11.1 Å². The fourth-order valence-electron chi connectivity index (χ4n) is 2.68. The van der Waals surface area contributed by atoms with Crippen LogP contribution in [0.4, 0.5) is 0 Å². The highest BCUT2D eigenvalue weighted by Gasteiger charge is 2.23. The predicted molar refractivity (Wildman–Crippen MR) is 102 cm³/mol. The van der Waals surface area contributed by atoms with E-state index in [-0.39, 0.29) is 12.0 Å². The van der Waals surface area contributed by atoms with Crippen molar-refractivity contribution >= 4 is 39.2 Å². The molecule has 0 fully saturated rings. The molecule has 0 N–H and O–H groups in total. The van der Waals surface area contributed by atoms with Crippen LogP contribution in [0.3, 0.4) is 0 Å². The Hall–Kier alpha value is -2.32. The number of fused-ring (bicyclic) bond motifs is 2. The molecule has 26 heavy (non-hydrogen) atoms.